The molecule has 1 aromatic carbocycles. The van der Waals surface area contributed by atoms with Gasteiger partial charge in [0.15, 0.2) is 0 Å². The van der Waals surface area contributed by atoms with E-state index in [0.717, 1.165) is 18.5 Å². The fourth-order valence-corrected chi connectivity index (χ4v) is 5.25. The van der Waals surface area contributed by atoms with Crippen LogP contribution >= 0.6 is 45.2 Å². The molecule has 144 valence electrons. The van der Waals surface area contributed by atoms with E-state index in [4.69, 9.17) is 4.74 Å². The third-order valence-corrected chi connectivity index (χ3v) is 5.91. The summed E-state index contributed by atoms with van der Waals surface area (Å²) >= 11 is 4.46. The van der Waals surface area contributed by atoms with Crippen molar-refractivity contribution in [1.82, 2.24) is 20.4 Å². The lowest BCUT2D eigenvalue weighted by Crippen LogP contribution is -2.20. The van der Waals surface area contributed by atoms with Crippen LogP contribution in [0.3, 0.4) is 0 Å². The van der Waals surface area contributed by atoms with Crippen LogP contribution in [0.25, 0.3) is 0 Å². The summed E-state index contributed by atoms with van der Waals surface area (Å²) in [6, 6.07) is 3.95. The lowest BCUT2D eigenvalue weighted by atomic mass is 9.85. The van der Waals surface area contributed by atoms with E-state index in [-0.39, 0.29) is 17.2 Å². The summed E-state index contributed by atoms with van der Waals surface area (Å²) in [7, 11) is 0. The monoisotopic (exact) mass is 594 g/mol. The highest BCUT2D eigenvalue weighted by molar-refractivity contribution is 14.1. The van der Waals surface area contributed by atoms with Crippen LogP contribution in [0.15, 0.2) is 21.7 Å². The first-order valence-electron chi connectivity index (χ1n) is 8.40. The highest BCUT2D eigenvalue weighted by Crippen LogP contribution is 2.37. The van der Waals surface area contributed by atoms with E-state index in [9.17, 15) is 9.59 Å². The molecule has 0 unspecified atom stereocenters. The van der Waals surface area contributed by atoms with Crippen LogP contribution < -0.4 is 15.9 Å². The molecule has 0 saturated heterocycles. The predicted octanol–water partition coefficient (Wildman–Crippen LogP) is 3.51. The first-order chi connectivity index (χ1) is 12.7. The fourth-order valence-electron chi connectivity index (χ4n) is 3.18. The Bertz CT molecular complexity index is 1010. The number of aromatic nitrogens is 4. The molecule has 7 nitrogen and oxygen atoms in total. The molecule has 9 heteroatoms. The van der Waals surface area contributed by atoms with E-state index in [1.54, 1.807) is 0 Å². The van der Waals surface area contributed by atoms with E-state index in [1.165, 1.54) is 0 Å². The van der Waals surface area contributed by atoms with Crippen molar-refractivity contribution < 1.29 is 4.74 Å². The second-order valence-corrected chi connectivity index (χ2v) is 8.97. The molecule has 0 aliphatic heterocycles. The van der Waals surface area contributed by atoms with Gasteiger partial charge in [-0.05, 0) is 90.6 Å². The zero-order chi connectivity index (χ0) is 19.9. The third-order valence-electron chi connectivity index (χ3n) is 4.31. The molecule has 0 aliphatic carbocycles. The Hall–Kier alpha value is -1.50. The molecular weight excluding hydrogens is 574 g/mol. The van der Waals surface area contributed by atoms with Gasteiger partial charge in [0.05, 0.1) is 24.4 Å². The van der Waals surface area contributed by atoms with Crippen LogP contribution in [0, 0.1) is 21.0 Å². The zero-order valence-electron chi connectivity index (χ0n) is 15.3. The normalized spacial score (nSPS) is 11.6. The maximum atomic E-state index is 12.5. The second kappa shape index (κ2) is 7.86. The minimum absolute atomic E-state index is 0.0539. The van der Waals surface area contributed by atoms with Crippen molar-refractivity contribution in [3.63, 3.8) is 0 Å². The molecule has 2 heterocycles. The van der Waals surface area contributed by atoms with Crippen molar-refractivity contribution in [2.24, 2.45) is 0 Å². The molecule has 0 atom stereocenters. The Kier molecular flexibility index (Phi) is 5.89. The van der Waals surface area contributed by atoms with Crippen molar-refractivity contribution in [2.75, 3.05) is 0 Å². The Morgan fingerprint density at radius 2 is 1.30 bits per heavy atom. The molecule has 0 bridgehead atoms. The van der Waals surface area contributed by atoms with Crippen LogP contribution in [-0.4, -0.2) is 26.5 Å². The topological polar surface area (TPSA) is 107 Å². The van der Waals surface area contributed by atoms with E-state index in [2.05, 4.69) is 65.6 Å². The van der Waals surface area contributed by atoms with E-state index in [1.807, 2.05) is 39.8 Å². The maximum Gasteiger partial charge on any atom is 0.268 e. The molecule has 0 saturated carbocycles. The summed E-state index contributed by atoms with van der Waals surface area (Å²) in [5, 5.41) is 11.0. The predicted molar refractivity (Wildman–Crippen MR) is 121 cm³/mol. The van der Waals surface area contributed by atoms with Gasteiger partial charge >= 0.3 is 0 Å². The molecule has 0 aliphatic rings. The van der Waals surface area contributed by atoms with Crippen LogP contribution in [-0.2, 0) is 0 Å². The van der Waals surface area contributed by atoms with Gasteiger partial charge in [-0.1, -0.05) is 0 Å². The number of H-pyrrole nitrogens is 4. The van der Waals surface area contributed by atoms with E-state index >= 15 is 0 Å². The number of hydrogen-bond acceptors (Lipinski definition) is 3. The number of aromatic amines is 4. The standard InChI is InChI=1S/C18H20I2N4O3/c1-7(2)27-16-11(19)5-10(6-12(16)20)15(13-8(3)21-23-17(13)25)14-9(4)22-24-18(14)26/h5-7,15H,1-4H3,(H2,21,23,25)(H2,22,24,26). The fraction of sp³-hybridized carbons (Fsp3) is 0.333. The lowest BCUT2D eigenvalue weighted by Gasteiger charge is -2.19. The molecule has 4 N–H and O–H groups in total. The number of nitrogens with one attached hydrogen (secondary N) is 4. The number of halogens is 2. The van der Waals surface area contributed by atoms with Crippen LogP contribution in [0.1, 0.15) is 47.8 Å². The first kappa shape index (κ1) is 20.2. The molecule has 3 rings (SSSR count). The highest BCUT2D eigenvalue weighted by Gasteiger charge is 2.29. The Morgan fingerprint density at radius 1 is 0.852 bits per heavy atom. The summed E-state index contributed by atoms with van der Waals surface area (Å²) in [4.78, 5) is 25.0. The average molecular weight is 594 g/mol. The summed E-state index contributed by atoms with van der Waals surface area (Å²) < 4.78 is 7.79. The van der Waals surface area contributed by atoms with E-state index < -0.39 is 5.92 Å². The number of benzene rings is 1. The molecule has 0 spiro atoms. The highest BCUT2D eigenvalue weighted by atomic mass is 127. The molecular formula is C18H20I2N4O3. The van der Waals surface area contributed by atoms with Gasteiger partial charge in [-0.15, -0.1) is 0 Å². The quantitative estimate of drug-likeness (QED) is 0.340. The number of hydrogen-bond donors (Lipinski definition) is 4. The van der Waals surface area contributed by atoms with Gasteiger partial charge in [0.1, 0.15) is 5.75 Å². The van der Waals surface area contributed by atoms with Crippen LogP contribution in [0.2, 0.25) is 0 Å². The lowest BCUT2D eigenvalue weighted by molar-refractivity contribution is 0.238. The average Bonchev–Trinajstić information content (AvgIpc) is 3.08. The molecule has 0 radical (unpaired) electrons. The minimum Gasteiger partial charge on any atom is -0.489 e. The number of aryl methyl sites for hydroxylation is 2. The van der Waals surface area contributed by atoms with Gasteiger partial charge in [-0.3, -0.25) is 19.8 Å². The van der Waals surface area contributed by atoms with Crippen molar-refractivity contribution in [2.45, 2.75) is 39.7 Å². The Morgan fingerprint density at radius 3 is 1.63 bits per heavy atom. The van der Waals surface area contributed by atoms with Crippen LogP contribution in [0.5, 0.6) is 5.75 Å². The van der Waals surface area contributed by atoms with Crippen molar-refractivity contribution in [3.05, 3.63) is 68.1 Å². The summed E-state index contributed by atoms with van der Waals surface area (Å²) in [5.41, 5.74) is 2.88. The largest absolute Gasteiger partial charge is 0.489 e. The molecule has 0 fully saturated rings. The molecule has 3 aromatic rings. The van der Waals surface area contributed by atoms with Crippen molar-refractivity contribution in [3.8, 4) is 5.75 Å². The Balaban J connectivity index is 2.27. The summed E-state index contributed by atoms with van der Waals surface area (Å²) in [6.07, 6.45) is 0.0539. The Labute approximate surface area is 182 Å². The molecule has 27 heavy (non-hydrogen) atoms. The van der Waals surface area contributed by atoms with Gasteiger partial charge in [0.25, 0.3) is 11.1 Å². The first-order valence-corrected chi connectivity index (χ1v) is 10.6. The minimum atomic E-state index is -0.495. The van der Waals surface area contributed by atoms with Crippen LogP contribution in [0.4, 0.5) is 0 Å². The van der Waals surface area contributed by atoms with Gasteiger partial charge in [-0.2, -0.15) is 0 Å². The summed E-state index contributed by atoms with van der Waals surface area (Å²) in [6.45, 7) is 7.60. The third kappa shape index (κ3) is 3.89. The SMILES string of the molecule is Cc1[nH][nH]c(=O)c1C(c1cc(I)c(OC(C)C)c(I)c1)c1c(C)[nH][nH]c1=O. The molecule has 2 aromatic heterocycles. The van der Waals surface area contributed by atoms with Gasteiger partial charge in [0.2, 0.25) is 0 Å². The van der Waals surface area contributed by atoms with E-state index in [0.29, 0.717) is 22.5 Å². The van der Waals surface area contributed by atoms with Crippen molar-refractivity contribution in [1.29, 1.82) is 0 Å². The van der Waals surface area contributed by atoms with Gasteiger partial charge in [0, 0.05) is 17.3 Å². The zero-order valence-corrected chi connectivity index (χ0v) is 19.6. The smallest absolute Gasteiger partial charge is 0.268 e. The summed E-state index contributed by atoms with van der Waals surface area (Å²) in [5.74, 6) is 0.318. The van der Waals surface area contributed by atoms with Gasteiger partial charge < -0.3 is 14.9 Å². The van der Waals surface area contributed by atoms with Crippen molar-refractivity contribution >= 4 is 45.2 Å². The van der Waals surface area contributed by atoms with Gasteiger partial charge in [-0.25, -0.2) is 0 Å². The number of ether oxygens (including phenoxy) is 1. The number of rotatable bonds is 5. The molecule has 0 amide bonds. The maximum absolute atomic E-state index is 12.5. The second-order valence-electron chi connectivity index (χ2n) is 6.65.